The predicted octanol–water partition coefficient (Wildman–Crippen LogP) is 0.186. The van der Waals surface area contributed by atoms with Gasteiger partial charge in [-0.2, -0.15) is 0 Å². The van der Waals surface area contributed by atoms with E-state index in [-0.39, 0.29) is 0 Å². The van der Waals surface area contributed by atoms with E-state index >= 15 is 0 Å². The number of hydrogen-bond donors (Lipinski definition) is 3. The van der Waals surface area contributed by atoms with Gasteiger partial charge in [0, 0.05) is 11.3 Å². The molecule has 0 heterocycles. The van der Waals surface area contributed by atoms with Crippen LogP contribution in [0.5, 0.6) is 0 Å². The number of amides is 2. The third-order valence-electron chi connectivity index (χ3n) is 1.99. The van der Waals surface area contributed by atoms with Crippen LogP contribution in [0.25, 0.3) is 0 Å². The molecule has 4 N–H and O–H groups in total. The first-order valence-corrected chi connectivity index (χ1v) is 4.22. The highest BCUT2D eigenvalue weighted by molar-refractivity contribution is 5.75. The SMILES string of the molecule is NC(=O)NNC1=C(C=O)CCCC1. The standard InChI is InChI=1S/C8H13N3O2/c9-8(13)11-10-7-4-2-1-3-6(7)5-12/h5,10H,1-4H2,(H3,9,11,13). The molecule has 2 amide bonds. The van der Waals surface area contributed by atoms with Crippen molar-refractivity contribution in [2.75, 3.05) is 0 Å². The highest BCUT2D eigenvalue weighted by Gasteiger charge is 2.11. The quantitative estimate of drug-likeness (QED) is 0.431. The molecule has 1 aliphatic rings. The van der Waals surface area contributed by atoms with Crippen LogP contribution in [0.15, 0.2) is 11.3 Å². The number of nitrogens with two attached hydrogens (primary N) is 1. The zero-order chi connectivity index (χ0) is 9.68. The molecule has 72 valence electrons. The number of aldehydes is 1. The van der Waals surface area contributed by atoms with Gasteiger partial charge in [-0.15, -0.1) is 0 Å². The van der Waals surface area contributed by atoms with E-state index in [0.717, 1.165) is 43.2 Å². The maximum absolute atomic E-state index is 10.6. The van der Waals surface area contributed by atoms with Crippen molar-refractivity contribution >= 4 is 12.3 Å². The van der Waals surface area contributed by atoms with Crippen LogP contribution in [0.2, 0.25) is 0 Å². The molecular weight excluding hydrogens is 170 g/mol. The van der Waals surface area contributed by atoms with Crippen molar-refractivity contribution < 1.29 is 9.59 Å². The Labute approximate surface area is 76.3 Å². The number of carbonyl (C=O) groups excluding carboxylic acids is 2. The molecule has 0 saturated carbocycles. The molecule has 1 rings (SSSR count). The van der Waals surface area contributed by atoms with Gasteiger partial charge >= 0.3 is 6.03 Å². The zero-order valence-electron chi connectivity index (χ0n) is 7.30. The lowest BCUT2D eigenvalue weighted by atomic mass is 9.98. The predicted molar refractivity (Wildman–Crippen MR) is 47.4 cm³/mol. The summed E-state index contributed by atoms with van der Waals surface area (Å²) in [6.07, 6.45) is 4.43. The molecule has 0 aromatic carbocycles. The summed E-state index contributed by atoms with van der Waals surface area (Å²) in [6.45, 7) is 0. The molecule has 0 bridgehead atoms. The monoisotopic (exact) mass is 183 g/mol. The van der Waals surface area contributed by atoms with Crippen molar-refractivity contribution in [1.82, 2.24) is 10.9 Å². The molecule has 5 nitrogen and oxygen atoms in total. The van der Waals surface area contributed by atoms with Gasteiger partial charge in [-0.3, -0.25) is 10.2 Å². The van der Waals surface area contributed by atoms with E-state index in [1.54, 1.807) is 0 Å². The number of allylic oxidation sites excluding steroid dienone is 2. The fourth-order valence-corrected chi connectivity index (χ4v) is 1.34. The molecule has 5 heteroatoms. The number of urea groups is 1. The van der Waals surface area contributed by atoms with E-state index in [1.165, 1.54) is 0 Å². The van der Waals surface area contributed by atoms with E-state index in [1.807, 2.05) is 0 Å². The van der Waals surface area contributed by atoms with E-state index in [4.69, 9.17) is 5.73 Å². The Balaban J connectivity index is 2.57. The van der Waals surface area contributed by atoms with E-state index in [0.29, 0.717) is 0 Å². The lowest BCUT2D eigenvalue weighted by Crippen LogP contribution is -2.41. The van der Waals surface area contributed by atoms with Crippen molar-refractivity contribution in [3.63, 3.8) is 0 Å². The minimum atomic E-state index is -0.650. The number of hydrazine groups is 1. The summed E-state index contributed by atoms with van der Waals surface area (Å²) in [4.78, 5) is 20.9. The smallest absolute Gasteiger partial charge is 0.330 e. The summed E-state index contributed by atoms with van der Waals surface area (Å²) in [5, 5.41) is 0. The molecule has 0 aromatic rings. The van der Waals surface area contributed by atoms with Crippen LogP contribution in [-0.2, 0) is 4.79 Å². The Kier molecular flexibility index (Phi) is 3.31. The van der Waals surface area contributed by atoms with E-state index in [9.17, 15) is 9.59 Å². The van der Waals surface area contributed by atoms with Gasteiger partial charge in [-0.25, -0.2) is 4.79 Å². The van der Waals surface area contributed by atoms with E-state index < -0.39 is 6.03 Å². The second kappa shape index (κ2) is 4.49. The summed E-state index contributed by atoms with van der Waals surface area (Å²) in [5.41, 5.74) is 11.3. The van der Waals surface area contributed by atoms with Crippen LogP contribution in [-0.4, -0.2) is 12.3 Å². The normalized spacial score (nSPS) is 16.6. The van der Waals surface area contributed by atoms with Gasteiger partial charge < -0.3 is 11.2 Å². The third-order valence-corrected chi connectivity index (χ3v) is 1.99. The average molecular weight is 183 g/mol. The zero-order valence-corrected chi connectivity index (χ0v) is 7.30. The van der Waals surface area contributed by atoms with Crippen molar-refractivity contribution in [2.24, 2.45) is 5.73 Å². The van der Waals surface area contributed by atoms with Crippen molar-refractivity contribution in [2.45, 2.75) is 25.7 Å². The second-order valence-electron chi connectivity index (χ2n) is 2.94. The van der Waals surface area contributed by atoms with Gasteiger partial charge in [-0.05, 0) is 25.7 Å². The van der Waals surface area contributed by atoms with Gasteiger partial charge in [0.15, 0.2) is 0 Å². The van der Waals surface area contributed by atoms with Gasteiger partial charge in [0.25, 0.3) is 0 Å². The van der Waals surface area contributed by atoms with Gasteiger partial charge in [0.05, 0.1) is 0 Å². The summed E-state index contributed by atoms with van der Waals surface area (Å²) in [5.74, 6) is 0. The number of nitrogens with one attached hydrogen (secondary N) is 2. The van der Waals surface area contributed by atoms with E-state index in [2.05, 4.69) is 10.9 Å². The lowest BCUT2D eigenvalue weighted by molar-refractivity contribution is -0.105. The number of rotatable bonds is 3. The Bertz CT molecular complexity index is 248. The van der Waals surface area contributed by atoms with Gasteiger partial charge in [0.2, 0.25) is 0 Å². The maximum Gasteiger partial charge on any atom is 0.330 e. The Morgan fingerprint density at radius 1 is 1.38 bits per heavy atom. The summed E-state index contributed by atoms with van der Waals surface area (Å²) in [7, 11) is 0. The first-order chi connectivity index (χ1) is 6.24. The molecule has 0 atom stereocenters. The fourth-order valence-electron chi connectivity index (χ4n) is 1.34. The molecule has 0 aliphatic heterocycles. The number of carbonyl (C=O) groups is 2. The minimum Gasteiger partial charge on any atom is -0.350 e. The lowest BCUT2D eigenvalue weighted by Gasteiger charge is -2.17. The third kappa shape index (κ3) is 2.77. The molecule has 0 saturated heterocycles. The van der Waals surface area contributed by atoms with Crippen LogP contribution >= 0.6 is 0 Å². The van der Waals surface area contributed by atoms with Crippen molar-refractivity contribution in [3.8, 4) is 0 Å². The molecule has 13 heavy (non-hydrogen) atoms. The Hall–Kier alpha value is -1.52. The Morgan fingerprint density at radius 3 is 2.69 bits per heavy atom. The van der Waals surface area contributed by atoms with Crippen LogP contribution in [0.3, 0.4) is 0 Å². The highest BCUT2D eigenvalue weighted by Crippen LogP contribution is 2.20. The first-order valence-electron chi connectivity index (χ1n) is 4.22. The van der Waals surface area contributed by atoms with Crippen LogP contribution in [0, 0.1) is 0 Å². The Morgan fingerprint density at radius 2 is 2.08 bits per heavy atom. The maximum atomic E-state index is 10.6. The van der Waals surface area contributed by atoms with Crippen molar-refractivity contribution in [1.29, 1.82) is 0 Å². The van der Waals surface area contributed by atoms with Gasteiger partial charge in [-0.1, -0.05) is 0 Å². The molecule has 0 fully saturated rings. The first kappa shape index (κ1) is 9.57. The number of hydrogen-bond acceptors (Lipinski definition) is 3. The molecule has 0 unspecified atom stereocenters. The molecule has 0 spiro atoms. The summed E-state index contributed by atoms with van der Waals surface area (Å²) >= 11 is 0. The largest absolute Gasteiger partial charge is 0.350 e. The average Bonchev–Trinajstić information content (AvgIpc) is 2.15. The molecule has 1 aliphatic carbocycles. The van der Waals surface area contributed by atoms with Crippen LogP contribution in [0.4, 0.5) is 4.79 Å². The second-order valence-corrected chi connectivity index (χ2v) is 2.94. The summed E-state index contributed by atoms with van der Waals surface area (Å²) in [6, 6.07) is -0.650. The number of primary amides is 1. The molecule has 0 radical (unpaired) electrons. The molecule has 0 aromatic heterocycles. The highest BCUT2D eigenvalue weighted by atomic mass is 16.2. The molecular formula is C8H13N3O2. The van der Waals surface area contributed by atoms with Crippen molar-refractivity contribution in [3.05, 3.63) is 11.3 Å². The fraction of sp³-hybridized carbons (Fsp3) is 0.500. The van der Waals surface area contributed by atoms with Crippen LogP contribution in [0.1, 0.15) is 25.7 Å². The van der Waals surface area contributed by atoms with Gasteiger partial charge in [0.1, 0.15) is 6.29 Å². The summed E-state index contributed by atoms with van der Waals surface area (Å²) < 4.78 is 0. The van der Waals surface area contributed by atoms with Crippen LogP contribution < -0.4 is 16.6 Å². The topological polar surface area (TPSA) is 84.2 Å². The minimum absolute atomic E-state index is 0.650.